The fourth-order valence-electron chi connectivity index (χ4n) is 1.97. The normalized spacial score (nSPS) is 23.6. The molecule has 2 rings (SSSR count). The molecule has 3 N–H and O–H groups in total. The Labute approximate surface area is 109 Å². The molecule has 2 heterocycles. The number of hydrogen-bond acceptors (Lipinski definition) is 4. The van der Waals surface area contributed by atoms with Gasteiger partial charge in [-0.25, -0.2) is 0 Å². The monoisotopic (exact) mass is 267 g/mol. The van der Waals surface area contributed by atoms with E-state index in [2.05, 4.69) is 10.3 Å². The first-order valence-electron chi connectivity index (χ1n) is 5.94. The average Bonchev–Trinajstić information content (AvgIpc) is 2.32. The minimum atomic E-state index is -0.716. The summed E-state index contributed by atoms with van der Waals surface area (Å²) in [7, 11) is -0.716. The second kappa shape index (κ2) is 5.48. The number of nitrogen functional groups attached to an aromatic ring is 1. The molecule has 0 atom stereocenters. The van der Waals surface area contributed by atoms with Gasteiger partial charge in [-0.2, -0.15) is 0 Å². The van der Waals surface area contributed by atoms with Crippen LogP contribution in [-0.2, 0) is 10.8 Å². The summed E-state index contributed by atoms with van der Waals surface area (Å²) in [6.07, 6.45) is 3.02. The molecule has 0 aromatic carbocycles. The summed E-state index contributed by atoms with van der Waals surface area (Å²) in [6, 6.07) is 1.78. The number of aryl methyl sites for hydroxylation is 1. The Morgan fingerprint density at radius 3 is 2.78 bits per heavy atom. The molecule has 0 radical (unpaired) electrons. The van der Waals surface area contributed by atoms with Crippen LogP contribution in [-0.4, -0.2) is 32.6 Å². The van der Waals surface area contributed by atoms with Crippen molar-refractivity contribution < 1.29 is 9.00 Å². The van der Waals surface area contributed by atoms with E-state index in [0.717, 1.165) is 18.5 Å². The van der Waals surface area contributed by atoms with Gasteiger partial charge in [0.05, 0.1) is 5.56 Å². The van der Waals surface area contributed by atoms with Crippen LogP contribution in [0.15, 0.2) is 12.3 Å². The Hall–Kier alpha value is -1.43. The molecule has 1 fully saturated rings. The van der Waals surface area contributed by atoms with Crippen LogP contribution in [0.25, 0.3) is 0 Å². The molecule has 0 saturated carbocycles. The first kappa shape index (κ1) is 13.0. The molecule has 1 aliphatic heterocycles. The zero-order chi connectivity index (χ0) is 13.1. The van der Waals surface area contributed by atoms with Crippen molar-refractivity contribution in [2.75, 3.05) is 17.2 Å². The molecule has 1 saturated heterocycles. The largest absolute Gasteiger partial charge is 0.398 e. The van der Waals surface area contributed by atoms with Gasteiger partial charge < -0.3 is 11.1 Å². The summed E-state index contributed by atoms with van der Waals surface area (Å²) < 4.78 is 11.2. The molecule has 5 nitrogen and oxygen atoms in total. The topological polar surface area (TPSA) is 85.1 Å². The van der Waals surface area contributed by atoms with Crippen molar-refractivity contribution in [3.8, 4) is 0 Å². The van der Waals surface area contributed by atoms with E-state index in [-0.39, 0.29) is 11.9 Å². The number of nitrogens with two attached hydrogens (primary N) is 1. The van der Waals surface area contributed by atoms with Crippen LogP contribution in [0.2, 0.25) is 0 Å². The standard InChI is InChI=1S/C12H17N3O2S/c1-8-6-11(13)10(7-14-8)12(16)15-9-2-4-18(17)5-3-9/h6-7,9H,2-5H2,1H3,(H2,13,14)(H,15,16). The van der Waals surface area contributed by atoms with Gasteiger partial charge in [0.2, 0.25) is 0 Å². The molecule has 6 heteroatoms. The number of amides is 1. The van der Waals surface area contributed by atoms with Crippen molar-refractivity contribution >= 4 is 22.4 Å². The molecule has 0 unspecified atom stereocenters. The fourth-order valence-corrected chi connectivity index (χ4v) is 3.27. The van der Waals surface area contributed by atoms with Crippen molar-refractivity contribution in [2.24, 2.45) is 0 Å². The third-order valence-corrected chi connectivity index (χ3v) is 4.42. The van der Waals surface area contributed by atoms with Gasteiger partial charge in [-0.05, 0) is 25.8 Å². The highest BCUT2D eigenvalue weighted by molar-refractivity contribution is 7.85. The molecule has 0 spiro atoms. The zero-order valence-corrected chi connectivity index (χ0v) is 11.1. The smallest absolute Gasteiger partial charge is 0.255 e. The number of carbonyl (C=O) groups is 1. The predicted octanol–water partition coefficient (Wildman–Crippen LogP) is 0.613. The van der Waals surface area contributed by atoms with Gasteiger partial charge in [-0.15, -0.1) is 0 Å². The summed E-state index contributed by atoms with van der Waals surface area (Å²) in [4.78, 5) is 16.1. The summed E-state index contributed by atoms with van der Waals surface area (Å²) in [5, 5.41) is 2.92. The fraction of sp³-hybridized carbons (Fsp3) is 0.500. The second-order valence-electron chi connectivity index (χ2n) is 4.51. The lowest BCUT2D eigenvalue weighted by molar-refractivity contribution is 0.0935. The number of nitrogens with one attached hydrogen (secondary N) is 1. The van der Waals surface area contributed by atoms with Gasteiger partial charge in [0.25, 0.3) is 5.91 Å². The van der Waals surface area contributed by atoms with Gasteiger partial charge >= 0.3 is 0 Å². The number of nitrogens with zero attached hydrogens (tertiary/aromatic N) is 1. The maximum absolute atomic E-state index is 12.0. The number of aromatic nitrogens is 1. The predicted molar refractivity (Wildman–Crippen MR) is 71.8 cm³/mol. The third kappa shape index (κ3) is 3.07. The van der Waals surface area contributed by atoms with E-state index < -0.39 is 10.8 Å². The highest BCUT2D eigenvalue weighted by Gasteiger charge is 2.21. The molecule has 1 aromatic rings. The molecule has 98 valence electrons. The number of anilines is 1. The Kier molecular flexibility index (Phi) is 3.96. The Balaban J connectivity index is 2.01. The Bertz CT molecular complexity index is 480. The van der Waals surface area contributed by atoms with Crippen LogP contribution < -0.4 is 11.1 Å². The van der Waals surface area contributed by atoms with Crippen LogP contribution >= 0.6 is 0 Å². The van der Waals surface area contributed by atoms with E-state index >= 15 is 0 Å². The number of hydrogen-bond donors (Lipinski definition) is 2. The maximum Gasteiger partial charge on any atom is 0.255 e. The SMILES string of the molecule is Cc1cc(N)c(C(=O)NC2CCS(=O)CC2)cn1. The van der Waals surface area contributed by atoms with Crippen LogP contribution in [0.3, 0.4) is 0 Å². The quantitative estimate of drug-likeness (QED) is 0.822. The van der Waals surface area contributed by atoms with E-state index in [1.165, 1.54) is 6.20 Å². The maximum atomic E-state index is 12.0. The summed E-state index contributed by atoms with van der Waals surface area (Å²) >= 11 is 0. The molecule has 1 amide bonds. The lowest BCUT2D eigenvalue weighted by atomic mass is 10.1. The van der Waals surface area contributed by atoms with Crippen molar-refractivity contribution in [3.63, 3.8) is 0 Å². The molecule has 1 aliphatic rings. The van der Waals surface area contributed by atoms with Gasteiger partial charge in [0.15, 0.2) is 0 Å². The second-order valence-corrected chi connectivity index (χ2v) is 6.20. The van der Waals surface area contributed by atoms with Crippen molar-refractivity contribution in [1.82, 2.24) is 10.3 Å². The molecular weight excluding hydrogens is 250 g/mol. The molecule has 0 bridgehead atoms. The van der Waals surface area contributed by atoms with Gasteiger partial charge in [0.1, 0.15) is 0 Å². The Morgan fingerprint density at radius 2 is 2.17 bits per heavy atom. The van der Waals surface area contributed by atoms with Crippen molar-refractivity contribution in [3.05, 3.63) is 23.5 Å². The molecule has 18 heavy (non-hydrogen) atoms. The minimum absolute atomic E-state index is 0.0934. The highest BCUT2D eigenvalue weighted by Crippen LogP contribution is 2.14. The summed E-state index contributed by atoms with van der Waals surface area (Å²) in [6.45, 7) is 1.83. The number of carbonyl (C=O) groups excluding carboxylic acids is 1. The number of rotatable bonds is 2. The average molecular weight is 267 g/mol. The zero-order valence-electron chi connectivity index (χ0n) is 10.3. The van der Waals surface area contributed by atoms with Crippen LogP contribution in [0.4, 0.5) is 5.69 Å². The van der Waals surface area contributed by atoms with Gasteiger partial charge in [-0.3, -0.25) is 14.0 Å². The minimum Gasteiger partial charge on any atom is -0.398 e. The van der Waals surface area contributed by atoms with Crippen molar-refractivity contribution in [2.45, 2.75) is 25.8 Å². The Morgan fingerprint density at radius 1 is 1.50 bits per heavy atom. The summed E-state index contributed by atoms with van der Waals surface area (Å²) in [5.41, 5.74) is 7.44. The van der Waals surface area contributed by atoms with E-state index in [1.807, 2.05) is 6.92 Å². The van der Waals surface area contributed by atoms with E-state index in [1.54, 1.807) is 6.07 Å². The first-order valence-corrected chi connectivity index (χ1v) is 7.43. The van der Waals surface area contributed by atoms with Crippen LogP contribution in [0, 0.1) is 6.92 Å². The van der Waals surface area contributed by atoms with Crippen LogP contribution in [0.1, 0.15) is 28.9 Å². The first-order chi connectivity index (χ1) is 8.56. The lowest BCUT2D eigenvalue weighted by Crippen LogP contribution is -2.39. The number of pyridine rings is 1. The van der Waals surface area contributed by atoms with E-state index in [0.29, 0.717) is 22.8 Å². The van der Waals surface area contributed by atoms with E-state index in [9.17, 15) is 9.00 Å². The highest BCUT2D eigenvalue weighted by atomic mass is 32.2. The van der Waals surface area contributed by atoms with Crippen LogP contribution in [0.5, 0.6) is 0 Å². The van der Waals surface area contributed by atoms with Crippen molar-refractivity contribution in [1.29, 1.82) is 0 Å². The third-order valence-electron chi connectivity index (χ3n) is 3.04. The molecule has 0 aliphatic carbocycles. The van der Waals surface area contributed by atoms with Gasteiger partial charge in [0, 0.05) is 45.9 Å². The molecule has 1 aromatic heterocycles. The van der Waals surface area contributed by atoms with Gasteiger partial charge in [-0.1, -0.05) is 0 Å². The van der Waals surface area contributed by atoms with E-state index in [4.69, 9.17) is 5.73 Å². The molecular formula is C12H17N3O2S. The summed E-state index contributed by atoms with van der Waals surface area (Å²) in [5.74, 6) is 1.12. The lowest BCUT2D eigenvalue weighted by Gasteiger charge is -2.22.